The summed E-state index contributed by atoms with van der Waals surface area (Å²) in [6.07, 6.45) is 1.84. The number of amides is 2. The summed E-state index contributed by atoms with van der Waals surface area (Å²) < 4.78 is 26.3. The van der Waals surface area contributed by atoms with E-state index >= 15 is 0 Å². The average molecular weight is 364 g/mol. The van der Waals surface area contributed by atoms with Gasteiger partial charge in [0, 0.05) is 31.1 Å². The Labute approximate surface area is 151 Å². The Balaban J connectivity index is 1.93. The van der Waals surface area contributed by atoms with Crippen LogP contribution in [0.15, 0.2) is 18.3 Å². The molecule has 0 aromatic carbocycles. The number of nitriles is 1. The molecule has 1 fully saturated rings. The molecule has 2 amide bonds. The number of nitrogens with zero attached hydrogens (tertiary/aromatic N) is 2. The van der Waals surface area contributed by atoms with Crippen LogP contribution in [0.4, 0.5) is 14.5 Å². The number of anilines is 1. The number of alkyl halides is 2. The normalized spacial score (nSPS) is 17.2. The van der Waals surface area contributed by atoms with Crippen LogP contribution in [0.3, 0.4) is 0 Å². The summed E-state index contributed by atoms with van der Waals surface area (Å²) in [5, 5.41) is 14.2. The van der Waals surface area contributed by atoms with Gasteiger partial charge in [0.25, 0.3) is 5.91 Å². The minimum Gasteiger partial charge on any atom is -0.333 e. The molecule has 1 heterocycles. The van der Waals surface area contributed by atoms with Crippen molar-refractivity contribution >= 4 is 17.5 Å². The van der Waals surface area contributed by atoms with E-state index in [0.717, 1.165) is 0 Å². The van der Waals surface area contributed by atoms with Crippen molar-refractivity contribution in [2.24, 2.45) is 5.92 Å². The number of carbonyl (C=O) groups excluding carboxylic acids is 2. The summed E-state index contributed by atoms with van der Waals surface area (Å²) >= 11 is 0. The van der Waals surface area contributed by atoms with Crippen molar-refractivity contribution in [3.63, 3.8) is 0 Å². The van der Waals surface area contributed by atoms with Gasteiger partial charge in [0.1, 0.15) is 11.2 Å². The first kappa shape index (κ1) is 19.8. The number of halogens is 2. The molecule has 0 bridgehead atoms. The van der Waals surface area contributed by atoms with Gasteiger partial charge in [0.2, 0.25) is 11.8 Å². The van der Waals surface area contributed by atoms with Gasteiger partial charge >= 0.3 is 0 Å². The van der Waals surface area contributed by atoms with E-state index in [9.17, 15) is 18.4 Å². The van der Waals surface area contributed by atoms with Crippen molar-refractivity contribution in [1.29, 1.82) is 5.26 Å². The smallest absolute Gasteiger partial charge is 0.271 e. The third-order valence-corrected chi connectivity index (χ3v) is 4.29. The molecular formula is C18H22F2N4O2. The highest BCUT2D eigenvalue weighted by Crippen LogP contribution is 2.37. The lowest BCUT2D eigenvalue weighted by molar-refractivity contribution is -0.118. The van der Waals surface area contributed by atoms with Crippen molar-refractivity contribution in [3.05, 3.63) is 24.0 Å². The summed E-state index contributed by atoms with van der Waals surface area (Å²) in [6.45, 7) is 3.12. The Morgan fingerprint density at radius 3 is 2.65 bits per heavy atom. The van der Waals surface area contributed by atoms with Gasteiger partial charge < -0.3 is 10.6 Å². The second-order valence-corrected chi connectivity index (χ2v) is 7.17. The quantitative estimate of drug-likeness (QED) is 0.838. The van der Waals surface area contributed by atoms with E-state index in [1.165, 1.54) is 12.3 Å². The predicted octanol–water partition coefficient (Wildman–Crippen LogP) is 3.27. The summed E-state index contributed by atoms with van der Waals surface area (Å²) in [5.41, 5.74) is -0.573. The van der Waals surface area contributed by atoms with Crippen molar-refractivity contribution in [2.45, 2.75) is 57.4 Å². The highest BCUT2D eigenvalue weighted by Gasteiger charge is 2.35. The van der Waals surface area contributed by atoms with E-state index < -0.39 is 17.4 Å². The fourth-order valence-electron chi connectivity index (χ4n) is 2.79. The monoisotopic (exact) mass is 364 g/mol. The predicted molar refractivity (Wildman–Crippen MR) is 91.5 cm³/mol. The number of nitrogens with one attached hydrogen (secondary N) is 2. The minimum absolute atomic E-state index is 0.0596. The molecule has 8 heteroatoms. The molecule has 1 aromatic rings. The van der Waals surface area contributed by atoms with Crippen LogP contribution in [0.2, 0.25) is 0 Å². The maximum atomic E-state index is 13.2. The van der Waals surface area contributed by atoms with Crippen molar-refractivity contribution in [3.8, 4) is 6.07 Å². The van der Waals surface area contributed by atoms with Gasteiger partial charge in [-0.15, -0.1) is 0 Å². The fraction of sp³-hybridized carbons (Fsp3) is 0.556. The van der Waals surface area contributed by atoms with Crippen molar-refractivity contribution < 1.29 is 18.4 Å². The van der Waals surface area contributed by atoms with Crippen molar-refractivity contribution in [1.82, 2.24) is 10.3 Å². The van der Waals surface area contributed by atoms with Gasteiger partial charge in [-0.05, 0) is 44.7 Å². The van der Waals surface area contributed by atoms with Crippen LogP contribution >= 0.6 is 0 Å². The Kier molecular flexibility index (Phi) is 5.90. The standard InChI is InChI=1S/C18H22F2N4O2/c1-17(2,11-21)24-16(26)14-10-13(5-8-22-14)23-15(25)9-12-3-6-18(19,20)7-4-12/h5,8,10,12H,3-4,6-7,9H2,1-2H3,(H,24,26)(H,22,23,25). The molecule has 1 aliphatic rings. The number of hydrogen-bond donors (Lipinski definition) is 2. The third-order valence-electron chi connectivity index (χ3n) is 4.29. The zero-order valence-electron chi connectivity index (χ0n) is 14.8. The van der Waals surface area contributed by atoms with Crippen LogP contribution in [0, 0.1) is 17.2 Å². The zero-order valence-corrected chi connectivity index (χ0v) is 14.8. The zero-order chi connectivity index (χ0) is 19.4. The number of pyridine rings is 1. The number of carbonyl (C=O) groups is 2. The van der Waals surface area contributed by atoms with Crippen molar-refractivity contribution in [2.75, 3.05) is 5.32 Å². The SMILES string of the molecule is CC(C)(C#N)NC(=O)c1cc(NC(=O)CC2CCC(F)(F)CC2)ccn1. The molecule has 0 radical (unpaired) electrons. The van der Waals surface area contributed by atoms with E-state index in [-0.39, 0.29) is 36.8 Å². The summed E-state index contributed by atoms with van der Waals surface area (Å²) in [4.78, 5) is 28.2. The molecule has 2 rings (SSSR count). The molecule has 0 atom stereocenters. The molecule has 26 heavy (non-hydrogen) atoms. The lowest BCUT2D eigenvalue weighted by atomic mass is 9.84. The van der Waals surface area contributed by atoms with Gasteiger partial charge in [-0.3, -0.25) is 14.6 Å². The lowest BCUT2D eigenvalue weighted by Gasteiger charge is -2.27. The number of aromatic nitrogens is 1. The van der Waals surface area contributed by atoms with Crippen LogP contribution in [-0.4, -0.2) is 28.3 Å². The maximum absolute atomic E-state index is 13.2. The molecule has 6 nitrogen and oxygen atoms in total. The van der Waals surface area contributed by atoms with Gasteiger partial charge in [0.15, 0.2) is 0 Å². The molecule has 0 unspecified atom stereocenters. The second-order valence-electron chi connectivity index (χ2n) is 7.17. The molecule has 1 aliphatic carbocycles. The molecule has 2 N–H and O–H groups in total. The Morgan fingerprint density at radius 1 is 1.38 bits per heavy atom. The van der Waals surface area contributed by atoms with E-state index in [1.807, 2.05) is 6.07 Å². The second kappa shape index (κ2) is 7.77. The minimum atomic E-state index is -2.61. The van der Waals surface area contributed by atoms with E-state index in [4.69, 9.17) is 5.26 Å². The van der Waals surface area contributed by atoms with Crippen LogP contribution in [0.25, 0.3) is 0 Å². The van der Waals surface area contributed by atoms with Gasteiger partial charge in [0.05, 0.1) is 6.07 Å². The largest absolute Gasteiger partial charge is 0.333 e. The molecule has 140 valence electrons. The highest BCUT2D eigenvalue weighted by atomic mass is 19.3. The van der Waals surface area contributed by atoms with Gasteiger partial charge in [-0.1, -0.05) is 0 Å². The molecule has 0 spiro atoms. The third kappa shape index (κ3) is 5.76. The Bertz CT molecular complexity index is 718. The topological polar surface area (TPSA) is 94.9 Å². The fourth-order valence-corrected chi connectivity index (χ4v) is 2.79. The van der Waals surface area contributed by atoms with E-state index in [2.05, 4.69) is 15.6 Å². The Hall–Kier alpha value is -2.56. The summed E-state index contributed by atoms with van der Waals surface area (Å²) in [5.74, 6) is -3.48. The van der Waals surface area contributed by atoms with Crippen LogP contribution in [0.5, 0.6) is 0 Å². The first-order valence-electron chi connectivity index (χ1n) is 8.48. The molecule has 1 aromatic heterocycles. The summed E-state index contributed by atoms with van der Waals surface area (Å²) in [6, 6.07) is 4.91. The molecular weight excluding hydrogens is 342 g/mol. The summed E-state index contributed by atoms with van der Waals surface area (Å²) in [7, 11) is 0. The lowest BCUT2D eigenvalue weighted by Crippen LogP contribution is -2.42. The Morgan fingerprint density at radius 2 is 2.04 bits per heavy atom. The van der Waals surface area contributed by atoms with Gasteiger partial charge in [-0.2, -0.15) is 5.26 Å². The van der Waals surface area contributed by atoms with Crippen LogP contribution in [0.1, 0.15) is 56.4 Å². The van der Waals surface area contributed by atoms with E-state index in [1.54, 1.807) is 19.9 Å². The van der Waals surface area contributed by atoms with Crippen LogP contribution in [-0.2, 0) is 4.79 Å². The van der Waals surface area contributed by atoms with Gasteiger partial charge in [-0.25, -0.2) is 8.78 Å². The molecule has 0 aliphatic heterocycles. The highest BCUT2D eigenvalue weighted by molar-refractivity contribution is 5.96. The first-order valence-corrected chi connectivity index (χ1v) is 8.48. The van der Waals surface area contributed by atoms with Crippen LogP contribution < -0.4 is 10.6 Å². The average Bonchev–Trinajstić information content (AvgIpc) is 2.56. The van der Waals surface area contributed by atoms with E-state index in [0.29, 0.717) is 18.5 Å². The maximum Gasteiger partial charge on any atom is 0.271 e. The first-order chi connectivity index (χ1) is 12.1. The number of hydrogen-bond acceptors (Lipinski definition) is 4. The number of rotatable bonds is 5. The molecule has 0 saturated heterocycles. The molecule has 1 saturated carbocycles.